The van der Waals surface area contributed by atoms with Crippen LogP contribution < -0.4 is 5.32 Å². The molecule has 2 saturated heterocycles. The maximum atomic E-state index is 13.2. The molecule has 2 heterocycles. The Morgan fingerprint density at radius 2 is 1.93 bits per heavy atom. The molecule has 1 aromatic carbocycles. The predicted molar refractivity (Wildman–Crippen MR) is 110 cm³/mol. The third-order valence-electron chi connectivity index (χ3n) is 5.25. The van der Waals surface area contributed by atoms with Gasteiger partial charge >= 0.3 is 0 Å². The Kier molecular flexibility index (Phi) is 6.92. The van der Waals surface area contributed by atoms with Crippen LogP contribution in [0.2, 0.25) is 0 Å². The van der Waals surface area contributed by atoms with Crippen molar-refractivity contribution >= 4 is 16.0 Å². The Balaban J connectivity index is 1.81. The minimum Gasteiger partial charge on any atom is -0.391 e. The smallest absolute Gasteiger partial charge is 0.243 e. The molecule has 0 aliphatic carbocycles. The van der Waals surface area contributed by atoms with Crippen molar-refractivity contribution in [3.05, 3.63) is 29.8 Å². The maximum absolute atomic E-state index is 13.2. The number of guanidine groups is 1. The topological polar surface area (TPSA) is 88.5 Å². The second kappa shape index (κ2) is 9.21. The van der Waals surface area contributed by atoms with Gasteiger partial charge in [-0.15, -0.1) is 0 Å². The molecule has 2 N–H and O–H groups in total. The number of hydrogen-bond donors (Lipinski definition) is 2. The molecule has 2 fully saturated rings. The second-order valence-corrected chi connectivity index (χ2v) is 9.28. The van der Waals surface area contributed by atoms with Crippen LogP contribution in [-0.2, 0) is 16.6 Å². The van der Waals surface area contributed by atoms with Crippen molar-refractivity contribution in [2.45, 2.75) is 30.9 Å². The van der Waals surface area contributed by atoms with Crippen molar-refractivity contribution in [3.63, 3.8) is 0 Å². The van der Waals surface area contributed by atoms with Crippen molar-refractivity contribution in [3.8, 4) is 0 Å². The summed E-state index contributed by atoms with van der Waals surface area (Å²) in [5.41, 5.74) is 0.691. The van der Waals surface area contributed by atoms with E-state index >= 15 is 0 Å². The maximum Gasteiger partial charge on any atom is 0.243 e. The third-order valence-corrected chi connectivity index (χ3v) is 7.25. The number of nitrogens with one attached hydrogen (secondary N) is 1. The molecule has 9 heteroatoms. The van der Waals surface area contributed by atoms with Gasteiger partial charge in [0.15, 0.2) is 5.96 Å². The number of sulfonamides is 1. The zero-order valence-electron chi connectivity index (χ0n) is 16.7. The van der Waals surface area contributed by atoms with Gasteiger partial charge in [0.1, 0.15) is 0 Å². The first-order chi connectivity index (χ1) is 13.4. The number of nitrogens with zero attached hydrogens (tertiary/aromatic N) is 4. The lowest BCUT2D eigenvalue weighted by Gasteiger charge is -2.32. The predicted octanol–water partition coefficient (Wildman–Crippen LogP) is 0.155. The molecule has 0 saturated carbocycles. The third kappa shape index (κ3) is 4.83. The van der Waals surface area contributed by atoms with Crippen LogP contribution in [0.3, 0.4) is 0 Å². The van der Waals surface area contributed by atoms with Crippen LogP contribution in [0.15, 0.2) is 34.2 Å². The summed E-state index contributed by atoms with van der Waals surface area (Å²) in [5.74, 6) is 0.714. The molecule has 1 aromatic rings. The Morgan fingerprint density at radius 1 is 1.21 bits per heavy atom. The summed E-state index contributed by atoms with van der Waals surface area (Å²) < 4.78 is 27.9. The van der Waals surface area contributed by atoms with E-state index in [9.17, 15) is 13.5 Å². The average Bonchev–Trinajstić information content (AvgIpc) is 3.12. The lowest BCUT2D eigenvalue weighted by atomic mass is 10.2. The molecule has 8 nitrogen and oxygen atoms in total. The van der Waals surface area contributed by atoms with Gasteiger partial charge in [0.2, 0.25) is 10.0 Å². The number of hydrogen-bond acceptors (Lipinski definition) is 5. The fourth-order valence-corrected chi connectivity index (χ4v) is 5.21. The summed E-state index contributed by atoms with van der Waals surface area (Å²) in [6, 6.07) is 7.11. The van der Waals surface area contributed by atoms with Crippen LogP contribution in [-0.4, -0.2) is 92.6 Å². The van der Waals surface area contributed by atoms with Gasteiger partial charge in [-0.3, -0.25) is 0 Å². The summed E-state index contributed by atoms with van der Waals surface area (Å²) >= 11 is 0. The molecule has 3 rings (SSSR count). The van der Waals surface area contributed by atoms with E-state index in [0.717, 1.165) is 26.1 Å². The monoisotopic (exact) mass is 409 g/mol. The van der Waals surface area contributed by atoms with Crippen LogP contribution in [0.5, 0.6) is 0 Å². The molecule has 156 valence electrons. The number of piperazine rings is 1. The van der Waals surface area contributed by atoms with Gasteiger partial charge < -0.3 is 20.2 Å². The van der Waals surface area contributed by atoms with E-state index in [0.29, 0.717) is 42.6 Å². The molecule has 0 radical (unpaired) electrons. The average molecular weight is 410 g/mol. The van der Waals surface area contributed by atoms with Crippen molar-refractivity contribution in [1.29, 1.82) is 0 Å². The van der Waals surface area contributed by atoms with Gasteiger partial charge in [0.25, 0.3) is 0 Å². The summed E-state index contributed by atoms with van der Waals surface area (Å²) in [7, 11) is -1.54. The molecule has 28 heavy (non-hydrogen) atoms. The van der Waals surface area contributed by atoms with Crippen LogP contribution in [0, 0.1) is 0 Å². The van der Waals surface area contributed by atoms with E-state index in [4.69, 9.17) is 0 Å². The Bertz CT molecular complexity index is 791. The molecule has 0 spiro atoms. The second-order valence-electron chi connectivity index (χ2n) is 7.37. The summed E-state index contributed by atoms with van der Waals surface area (Å²) in [4.78, 5) is 9.15. The SMILES string of the molecule is CCNC(=NCc1ccccc1S(=O)(=O)N1CCN(C)CC1)N1CC[C@@H](O)C1. The molecule has 0 unspecified atom stereocenters. The van der Waals surface area contributed by atoms with Gasteiger partial charge in [-0.25, -0.2) is 13.4 Å². The molecule has 0 bridgehead atoms. The molecule has 1 atom stereocenters. The number of rotatable bonds is 5. The molecular weight excluding hydrogens is 378 g/mol. The van der Waals surface area contributed by atoms with Crippen molar-refractivity contribution in [2.75, 3.05) is 52.9 Å². The first kappa shape index (κ1) is 21.0. The highest BCUT2D eigenvalue weighted by molar-refractivity contribution is 7.89. The van der Waals surface area contributed by atoms with E-state index < -0.39 is 10.0 Å². The lowest BCUT2D eigenvalue weighted by molar-refractivity contribution is 0.188. The lowest BCUT2D eigenvalue weighted by Crippen LogP contribution is -2.47. The number of β-amino-alcohol motifs (C(OH)–C–C–N with tert-alkyl or cyclic N) is 1. The van der Waals surface area contributed by atoms with E-state index in [-0.39, 0.29) is 12.6 Å². The number of likely N-dealkylation sites (tertiary alicyclic amines) is 1. The largest absolute Gasteiger partial charge is 0.391 e. The number of aliphatic hydroxyl groups excluding tert-OH is 1. The zero-order valence-corrected chi connectivity index (χ0v) is 17.5. The van der Waals surface area contributed by atoms with Crippen molar-refractivity contribution < 1.29 is 13.5 Å². The van der Waals surface area contributed by atoms with E-state index in [1.807, 2.05) is 31.0 Å². The van der Waals surface area contributed by atoms with Crippen molar-refractivity contribution in [2.24, 2.45) is 4.99 Å². The first-order valence-electron chi connectivity index (χ1n) is 9.89. The van der Waals surface area contributed by atoms with Gasteiger partial charge in [-0.2, -0.15) is 4.31 Å². The van der Waals surface area contributed by atoms with E-state index in [1.165, 1.54) is 0 Å². The summed E-state index contributed by atoms with van der Waals surface area (Å²) in [6.07, 6.45) is 0.382. The highest BCUT2D eigenvalue weighted by Crippen LogP contribution is 2.22. The summed E-state index contributed by atoms with van der Waals surface area (Å²) in [5, 5.41) is 13.0. The summed E-state index contributed by atoms with van der Waals surface area (Å²) in [6.45, 7) is 6.76. The zero-order chi connectivity index (χ0) is 20.1. The van der Waals surface area contributed by atoms with E-state index in [2.05, 4.69) is 15.2 Å². The first-order valence-corrected chi connectivity index (χ1v) is 11.3. The quantitative estimate of drug-likeness (QED) is 0.532. The van der Waals surface area contributed by atoms with Crippen LogP contribution in [0.4, 0.5) is 0 Å². The highest BCUT2D eigenvalue weighted by atomic mass is 32.2. The van der Waals surface area contributed by atoms with Gasteiger partial charge in [0, 0.05) is 45.8 Å². The molecule has 0 aromatic heterocycles. The van der Waals surface area contributed by atoms with E-state index in [1.54, 1.807) is 16.4 Å². The minimum atomic E-state index is -3.54. The molecule has 2 aliphatic heterocycles. The Hall–Kier alpha value is -1.68. The number of likely N-dealkylation sites (N-methyl/N-ethyl adjacent to an activating group) is 1. The van der Waals surface area contributed by atoms with Crippen molar-refractivity contribution in [1.82, 2.24) is 19.4 Å². The van der Waals surface area contributed by atoms with Gasteiger partial charge in [-0.05, 0) is 32.0 Å². The number of benzene rings is 1. The standard InChI is InChI=1S/C19H31N5O3S/c1-3-20-19(23-9-8-17(25)15-23)21-14-16-6-4-5-7-18(16)28(26,27)24-12-10-22(2)11-13-24/h4-7,17,25H,3,8-15H2,1-2H3,(H,20,21)/t17-/m1/s1. The number of aliphatic hydroxyl groups is 1. The van der Waals surface area contributed by atoms with Crippen LogP contribution in [0.1, 0.15) is 18.9 Å². The molecule has 0 amide bonds. The normalized spacial score (nSPS) is 22.6. The fraction of sp³-hybridized carbons (Fsp3) is 0.632. The van der Waals surface area contributed by atoms with Gasteiger partial charge in [0.05, 0.1) is 17.5 Å². The fourth-order valence-electron chi connectivity index (χ4n) is 3.57. The minimum absolute atomic E-state index is 0.276. The van der Waals surface area contributed by atoms with Gasteiger partial charge in [-0.1, -0.05) is 18.2 Å². The van der Waals surface area contributed by atoms with Crippen LogP contribution >= 0.6 is 0 Å². The molecule has 2 aliphatic rings. The highest BCUT2D eigenvalue weighted by Gasteiger charge is 2.29. The Labute approximate surface area is 167 Å². The molecular formula is C19H31N5O3S. The number of aliphatic imine (C=N–C) groups is 1. The Morgan fingerprint density at radius 3 is 2.57 bits per heavy atom. The van der Waals surface area contributed by atoms with Crippen LogP contribution in [0.25, 0.3) is 0 Å².